The van der Waals surface area contributed by atoms with Gasteiger partial charge >= 0.3 is 0 Å². The number of guanidine groups is 1. The zero-order valence-electron chi connectivity index (χ0n) is 17.7. The predicted molar refractivity (Wildman–Crippen MR) is 133 cm³/mol. The van der Waals surface area contributed by atoms with E-state index in [4.69, 9.17) is 4.74 Å². The summed E-state index contributed by atoms with van der Waals surface area (Å²) in [6, 6.07) is 19.5. The van der Waals surface area contributed by atoms with Crippen LogP contribution in [0.1, 0.15) is 29.0 Å². The van der Waals surface area contributed by atoms with Gasteiger partial charge in [-0.2, -0.15) is 0 Å². The van der Waals surface area contributed by atoms with Crippen LogP contribution in [0.3, 0.4) is 0 Å². The van der Waals surface area contributed by atoms with Crippen molar-refractivity contribution in [2.24, 2.45) is 10.9 Å². The average Bonchev–Trinajstić information content (AvgIpc) is 3.56. The summed E-state index contributed by atoms with van der Waals surface area (Å²) in [4.78, 5) is 6.88. The number of halogens is 1. The highest BCUT2D eigenvalue weighted by molar-refractivity contribution is 14.0. The molecule has 0 amide bonds. The van der Waals surface area contributed by atoms with Crippen molar-refractivity contribution in [1.82, 2.24) is 15.5 Å². The number of aliphatic imine (C=N–C) groups is 1. The summed E-state index contributed by atoms with van der Waals surface area (Å²) < 4.78 is 5.47. The molecular weight excluding hydrogens is 487 g/mol. The second kappa shape index (κ2) is 11.7. The number of ether oxygens (including phenoxy) is 1. The second-order valence-electron chi connectivity index (χ2n) is 7.98. The smallest absolute Gasteiger partial charge is 0.191 e. The monoisotopic (exact) mass is 520 g/mol. The lowest BCUT2D eigenvalue weighted by atomic mass is 10.1. The molecule has 1 saturated carbocycles. The predicted octanol–water partition coefficient (Wildman–Crippen LogP) is 3.61. The Morgan fingerprint density at radius 3 is 2.43 bits per heavy atom. The molecule has 2 aromatic carbocycles. The van der Waals surface area contributed by atoms with Gasteiger partial charge in [0.25, 0.3) is 0 Å². The van der Waals surface area contributed by atoms with Crippen LogP contribution < -0.4 is 10.6 Å². The molecule has 162 valence electrons. The number of hydrogen-bond acceptors (Lipinski definition) is 3. The fourth-order valence-corrected chi connectivity index (χ4v) is 4.09. The van der Waals surface area contributed by atoms with Crippen molar-refractivity contribution >= 4 is 29.9 Å². The largest absolute Gasteiger partial charge is 0.379 e. The highest BCUT2D eigenvalue weighted by Gasteiger charge is 2.37. The fourth-order valence-electron chi connectivity index (χ4n) is 4.09. The number of nitrogens with one attached hydrogen (secondary N) is 2. The number of hydrogen-bond donors (Lipinski definition) is 2. The van der Waals surface area contributed by atoms with E-state index in [1.165, 1.54) is 23.1 Å². The van der Waals surface area contributed by atoms with E-state index in [-0.39, 0.29) is 24.0 Å². The molecule has 2 atom stereocenters. The lowest BCUT2D eigenvalue weighted by Crippen LogP contribution is -2.38. The van der Waals surface area contributed by atoms with Crippen molar-refractivity contribution < 1.29 is 4.74 Å². The van der Waals surface area contributed by atoms with Gasteiger partial charge in [-0.3, -0.25) is 9.89 Å². The normalized spacial score (nSPS) is 21.6. The van der Waals surface area contributed by atoms with E-state index < -0.39 is 0 Å². The maximum Gasteiger partial charge on any atom is 0.191 e. The molecule has 30 heavy (non-hydrogen) atoms. The minimum Gasteiger partial charge on any atom is -0.379 e. The number of rotatable bonds is 7. The van der Waals surface area contributed by atoms with Crippen LogP contribution in [-0.4, -0.2) is 50.8 Å². The summed E-state index contributed by atoms with van der Waals surface area (Å²) in [5, 5.41) is 7.01. The molecule has 1 saturated heterocycles. The Kier molecular flexibility index (Phi) is 8.96. The minimum atomic E-state index is 0. The molecule has 1 heterocycles. The van der Waals surface area contributed by atoms with E-state index in [0.717, 1.165) is 51.9 Å². The van der Waals surface area contributed by atoms with Crippen molar-refractivity contribution in [2.75, 3.05) is 39.9 Å². The molecule has 6 heteroatoms. The van der Waals surface area contributed by atoms with Gasteiger partial charge in [0.1, 0.15) is 0 Å². The molecule has 1 aliphatic heterocycles. The summed E-state index contributed by atoms with van der Waals surface area (Å²) >= 11 is 0. The van der Waals surface area contributed by atoms with Crippen LogP contribution in [0.15, 0.2) is 59.6 Å². The zero-order chi connectivity index (χ0) is 19.9. The Labute approximate surface area is 197 Å². The van der Waals surface area contributed by atoms with Crippen LogP contribution >= 0.6 is 24.0 Å². The van der Waals surface area contributed by atoms with Gasteiger partial charge in [-0.25, -0.2) is 0 Å². The van der Waals surface area contributed by atoms with E-state index in [9.17, 15) is 0 Å². The zero-order valence-corrected chi connectivity index (χ0v) is 20.0. The topological polar surface area (TPSA) is 48.9 Å². The second-order valence-corrected chi connectivity index (χ2v) is 7.98. The van der Waals surface area contributed by atoms with Gasteiger partial charge < -0.3 is 15.4 Å². The molecule has 0 aromatic heterocycles. The molecule has 0 bridgehead atoms. The third kappa shape index (κ3) is 6.43. The van der Waals surface area contributed by atoms with Gasteiger partial charge in [0.2, 0.25) is 0 Å². The van der Waals surface area contributed by atoms with E-state index >= 15 is 0 Å². The van der Waals surface area contributed by atoms with Crippen LogP contribution in [0, 0.1) is 5.92 Å². The van der Waals surface area contributed by atoms with Gasteiger partial charge in [0.05, 0.1) is 13.2 Å². The molecule has 4 rings (SSSR count). The molecule has 1 aliphatic carbocycles. The molecular formula is C24H33IN4O. The van der Waals surface area contributed by atoms with Gasteiger partial charge in [-0.05, 0) is 34.9 Å². The molecule has 2 aliphatic rings. The number of nitrogens with zero attached hydrogens (tertiary/aromatic N) is 2. The van der Waals surface area contributed by atoms with Crippen LogP contribution in [0.2, 0.25) is 0 Å². The van der Waals surface area contributed by atoms with E-state index in [1.54, 1.807) is 0 Å². The van der Waals surface area contributed by atoms with E-state index in [0.29, 0.717) is 11.8 Å². The fraction of sp³-hybridized carbons (Fsp3) is 0.458. The molecule has 2 unspecified atom stereocenters. The highest BCUT2D eigenvalue weighted by atomic mass is 127. The summed E-state index contributed by atoms with van der Waals surface area (Å²) in [5.41, 5.74) is 4.17. The van der Waals surface area contributed by atoms with Gasteiger partial charge in [-0.15, -0.1) is 24.0 Å². The van der Waals surface area contributed by atoms with Crippen LogP contribution in [0.4, 0.5) is 0 Å². The summed E-state index contributed by atoms with van der Waals surface area (Å²) in [5.74, 6) is 2.27. The van der Waals surface area contributed by atoms with Gasteiger partial charge in [0, 0.05) is 39.8 Å². The van der Waals surface area contributed by atoms with Crippen molar-refractivity contribution in [1.29, 1.82) is 0 Å². The first-order valence-corrected chi connectivity index (χ1v) is 10.7. The Morgan fingerprint density at radius 2 is 1.70 bits per heavy atom. The molecule has 5 nitrogen and oxygen atoms in total. The first-order chi connectivity index (χ1) is 14.3. The Bertz CT molecular complexity index is 808. The van der Waals surface area contributed by atoms with Crippen LogP contribution in [0.25, 0.3) is 0 Å². The van der Waals surface area contributed by atoms with E-state index in [2.05, 4.69) is 75.1 Å². The Morgan fingerprint density at radius 1 is 1.00 bits per heavy atom. The number of morpholine rings is 1. The quantitative estimate of drug-likeness (QED) is 0.333. The van der Waals surface area contributed by atoms with E-state index in [1.807, 2.05) is 7.05 Å². The first-order valence-electron chi connectivity index (χ1n) is 10.7. The third-order valence-electron chi connectivity index (χ3n) is 5.97. The van der Waals surface area contributed by atoms with Crippen molar-refractivity contribution in [3.63, 3.8) is 0 Å². The lowest BCUT2D eigenvalue weighted by Gasteiger charge is -2.27. The minimum absolute atomic E-state index is 0. The standard InChI is InChI=1S/C24H32N4O.HI/c1-25-24(27-17-22-15-23(22)19-7-3-2-4-8-19)26-16-20-9-5-6-10-21(20)18-28-11-13-29-14-12-28;/h2-10,22-23H,11-18H2,1H3,(H2,25,26,27);1H. The Balaban J connectivity index is 0.00000256. The first kappa shape index (κ1) is 23.0. The van der Waals surface area contributed by atoms with Crippen molar-refractivity contribution in [2.45, 2.75) is 25.4 Å². The molecule has 2 N–H and O–H groups in total. The van der Waals surface area contributed by atoms with Crippen LogP contribution in [0.5, 0.6) is 0 Å². The van der Waals surface area contributed by atoms with Gasteiger partial charge in [0.15, 0.2) is 5.96 Å². The third-order valence-corrected chi connectivity index (χ3v) is 5.97. The summed E-state index contributed by atoms with van der Waals surface area (Å²) in [7, 11) is 1.84. The highest BCUT2D eigenvalue weighted by Crippen LogP contribution is 2.46. The van der Waals surface area contributed by atoms with Gasteiger partial charge in [-0.1, -0.05) is 54.6 Å². The molecule has 0 radical (unpaired) electrons. The lowest BCUT2D eigenvalue weighted by molar-refractivity contribution is 0.0341. The Hall–Kier alpha value is -1.64. The summed E-state index contributed by atoms with van der Waals surface area (Å²) in [6.45, 7) is 6.42. The molecule has 0 spiro atoms. The maximum absolute atomic E-state index is 5.47. The molecule has 2 aromatic rings. The number of benzene rings is 2. The summed E-state index contributed by atoms with van der Waals surface area (Å²) in [6.07, 6.45) is 1.26. The van der Waals surface area contributed by atoms with Crippen molar-refractivity contribution in [3.8, 4) is 0 Å². The molecule has 2 fully saturated rings. The van der Waals surface area contributed by atoms with Crippen molar-refractivity contribution in [3.05, 3.63) is 71.3 Å². The maximum atomic E-state index is 5.47. The van der Waals surface area contributed by atoms with Crippen LogP contribution in [-0.2, 0) is 17.8 Å². The SMILES string of the molecule is CN=C(NCc1ccccc1CN1CCOCC1)NCC1CC1c1ccccc1.I. The average molecular weight is 520 g/mol.